The van der Waals surface area contributed by atoms with Crippen molar-refractivity contribution in [1.82, 2.24) is 15.2 Å². The van der Waals surface area contributed by atoms with Crippen molar-refractivity contribution in [2.45, 2.75) is 50.5 Å². The maximum absolute atomic E-state index is 11.5. The maximum atomic E-state index is 11.5. The second-order valence-electron chi connectivity index (χ2n) is 7.31. The molecule has 2 fully saturated rings. The Kier molecular flexibility index (Phi) is 4.72. The summed E-state index contributed by atoms with van der Waals surface area (Å²) < 4.78 is 5.40. The number of fused-ring (bicyclic) bond motifs is 1. The van der Waals surface area contributed by atoms with Crippen molar-refractivity contribution in [3.8, 4) is 0 Å². The number of hydrogen-bond acceptors (Lipinski definition) is 4. The highest BCUT2D eigenvalue weighted by molar-refractivity contribution is 5.76. The molecule has 5 nitrogen and oxygen atoms in total. The van der Waals surface area contributed by atoms with Gasteiger partial charge in [-0.25, -0.2) is 4.79 Å². The Hall–Kier alpha value is -1.59. The molecule has 130 valence electrons. The maximum Gasteiger partial charge on any atom is 0.417 e. The van der Waals surface area contributed by atoms with Crippen LogP contribution in [0.4, 0.5) is 0 Å². The molecular weight excluding hydrogens is 302 g/mol. The minimum Gasteiger partial charge on any atom is -0.408 e. The third kappa shape index (κ3) is 3.42. The largest absolute Gasteiger partial charge is 0.417 e. The predicted octanol–water partition coefficient (Wildman–Crippen LogP) is 2.83. The van der Waals surface area contributed by atoms with Crippen LogP contribution in [0.2, 0.25) is 0 Å². The summed E-state index contributed by atoms with van der Waals surface area (Å²) in [6, 6.07) is 6.76. The van der Waals surface area contributed by atoms with Gasteiger partial charge in [-0.1, -0.05) is 18.6 Å². The van der Waals surface area contributed by atoms with Gasteiger partial charge in [-0.3, -0.25) is 4.98 Å². The summed E-state index contributed by atoms with van der Waals surface area (Å²) >= 11 is 0. The van der Waals surface area contributed by atoms with E-state index in [9.17, 15) is 4.79 Å². The van der Waals surface area contributed by atoms with Crippen molar-refractivity contribution in [3.63, 3.8) is 0 Å². The van der Waals surface area contributed by atoms with Gasteiger partial charge < -0.3 is 14.6 Å². The number of aromatic nitrogens is 1. The van der Waals surface area contributed by atoms with E-state index in [4.69, 9.17) is 4.42 Å². The van der Waals surface area contributed by atoms with Gasteiger partial charge in [-0.05, 0) is 57.8 Å². The number of likely N-dealkylation sites (tertiary alicyclic amines) is 1. The quantitative estimate of drug-likeness (QED) is 0.905. The SMILES string of the molecule is O=c1[nH]c2cccc(C3CCCN(CC[C@H]4CCCCN4)C3)c2o1. The number of nitrogens with one attached hydrogen (secondary N) is 2. The zero-order chi connectivity index (χ0) is 16.4. The van der Waals surface area contributed by atoms with E-state index in [1.807, 2.05) is 12.1 Å². The van der Waals surface area contributed by atoms with Crippen LogP contribution in [0.1, 0.15) is 50.0 Å². The molecule has 1 unspecified atom stereocenters. The van der Waals surface area contributed by atoms with Crippen molar-refractivity contribution in [2.24, 2.45) is 0 Å². The molecule has 2 aromatic rings. The fraction of sp³-hybridized carbons (Fsp3) is 0.632. The summed E-state index contributed by atoms with van der Waals surface area (Å²) in [7, 11) is 0. The van der Waals surface area contributed by atoms with Gasteiger partial charge in [0.05, 0.1) is 5.52 Å². The molecular formula is C19H27N3O2. The normalized spacial score (nSPS) is 26.0. The first-order chi connectivity index (χ1) is 11.8. The van der Waals surface area contributed by atoms with Gasteiger partial charge in [0.2, 0.25) is 0 Å². The average Bonchev–Trinajstić information content (AvgIpc) is 3.01. The fourth-order valence-corrected chi connectivity index (χ4v) is 4.34. The molecule has 2 aliphatic rings. The van der Waals surface area contributed by atoms with Crippen LogP contribution < -0.4 is 11.1 Å². The van der Waals surface area contributed by atoms with Crippen molar-refractivity contribution >= 4 is 11.1 Å². The zero-order valence-corrected chi connectivity index (χ0v) is 14.2. The van der Waals surface area contributed by atoms with Crippen LogP contribution in [0, 0.1) is 0 Å². The Labute approximate surface area is 142 Å². The van der Waals surface area contributed by atoms with E-state index in [0.717, 1.165) is 17.6 Å². The zero-order valence-electron chi connectivity index (χ0n) is 14.2. The van der Waals surface area contributed by atoms with Gasteiger partial charge in [-0.2, -0.15) is 0 Å². The Bertz CT molecular complexity index is 730. The van der Waals surface area contributed by atoms with Crippen LogP contribution in [0.3, 0.4) is 0 Å². The number of rotatable bonds is 4. The van der Waals surface area contributed by atoms with E-state index in [-0.39, 0.29) is 5.76 Å². The highest BCUT2D eigenvalue weighted by Gasteiger charge is 2.25. The van der Waals surface area contributed by atoms with Gasteiger partial charge in [0.1, 0.15) is 0 Å². The van der Waals surface area contributed by atoms with Gasteiger partial charge >= 0.3 is 5.76 Å². The van der Waals surface area contributed by atoms with Crippen LogP contribution in [-0.2, 0) is 0 Å². The average molecular weight is 329 g/mol. The molecule has 0 aliphatic carbocycles. The van der Waals surface area contributed by atoms with Crippen LogP contribution in [0.25, 0.3) is 11.1 Å². The lowest BCUT2D eigenvalue weighted by atomic mass is 9.89. The monoisotopic (exact) mass is 329 g/mol. The van der Waals surface area contributed by atoms with Gasteiger partial charge in [-0.15, -0.1) is 0 Å². The first-order valence-corrected chi connectivity index (χ1v) is 9.37. The molecule has 0 radical (unpaired) electrons. The molecule has 0 spiro atoms. The number of H-pyrrole nitrogens is 1. The number of oxazole rings is 1. The number of nitrogens with zero attached hydrogens (tertiary/aromatic N) is 1. The topological polar surface area (TPSA) is 61.3 Å². The number of aromatic amines is 1. The predicted molar refractivity (Wildman–Crippen MR) is 95.5 cm³/mol. The lowest BCUT2D eigenvalue weighted by Gasteiger charge is -2.34. The van der Waals surface area contributed by atoms with Crippen molar-refractivity contribution in [1.29, 1.82) is 0 Å². The highest BCUT2D eigenvalue weighted by atomic mass is 16.4. The fourth-order valence-electron chi connectivity index (χ4n) is 4.34. The van der Waals surface area contributed by atoms with Crippen LogP contribution in [-0.4, -0.2) is 42.1 Å². The minimum absolute atomic E-state index is 0.353. The molecule has 0 saturated carbocycles. The molecule has 4 rings (SSSR count). The van der Waals surface area contributed by atoms with Gasteiger partial charge in [0.25, 0.3) is 0 Å². The molecule has 2 N–H and O–H groups in total. The van der Waals surface area contributed by atoms with Crippen LogP contribution in [0.15, 0.2) is 27.4 Å². The van der Waals surface area contributed by atoms with Gasteiger partial charge in [0, 0.05) is 24.1 Å². The lowest BCUT2D eigenvalue weighted by Crippen LogP contribution is -2.40. The van der Waals surface area contributed by atoms with E-state index in [0.29, 0.717) is 12.0 Å². The minimum atomic E-state index is -0.353. The summed E-state index contributed by atoms with van der Waals surface area (Å²) in [5.74, 6) is 0.106. The molecule has 2 atom stereocenters. The molecule has 0 bridgehead atoms. The first-order valence-electron chi connectivity index (χ1n) is 9.37. The van der Waals surface area contributed by atoms with Crippen molar-refractivity contribution in [3.05, 3.63) is 34.3 Å². The lowest BCUT2D eigenvalue weighted by molar-refractivity contribution is 0.193. The van der Waals surface area contributed by atoms with Crippen molar-refractivity contribution < 1.29 is 4.42 Å². The molecule has 2 aliphatic heterocycles. The molecule has 24 heavy (non-hydrogen) atoms. The second kappa shape index (κ2) is 7.11. The third-order valence-electron chi connectivity index (χ3n) is 5.63. The number of piperidine rings is 2. The molecule has 2 saturated heterocycles. The molecule has 3 heterocycles. The standard InChI is InChI=1S/C19H27N3O2/c23-19-21-17-8-3-7-16(18(17)24-19)14-5-4-11-22(13-14)12-9-15-6-1-2-10-20-15/h3,7-8,14-15,20H,1-2,4-6,9-13H2,(H,21,23)/t14?,15-/m1/s1. The third-order valence-corrected chi connectivity index (χ3v) is 5.63. The van der Waals surface area contributed by atoms with E-state index < -0.39 is 0 Å². The Morgan fingerprint density at radius 2 is 2.17 bits per heavy atom. The summed E-state index contributed by atoms with van der Waals surface area (Å²) in [5.41, 5.74) is 2.76. The smallest absolute Gasteiger partial charge is 0.408 e. The number of hydrogen-bond donors (Lipinski definition) is 2. The highest BCUT2D eigenvalue weighted by Crippen LogP contribution is 2.31. The van der Waals surface area contributed by atoms with Gasteiger partial charge in [0.15, 0.2) is 5.58 Å². The van der Waals surface area contributed by atoms with E-state index in [1.54, 1.807) is 0 Å². The van der Waals surface area contributed by atoms with Crippen molar-refractivity contribution in [2.75, 3.05) is 26.2 Å². The molecule has 5 heteroatoms. The van der Waals surface area contributed by atoms with Crippen LogP contribution >= 0.6 is 0 Å². The van der Waals surface area contributed by atoms with Crippen LogP contribution in [0.5, 0.6) is 0 Å². The second-order valence-corrected chi connectivity index (χ2v) is 7.31. The molecule has 1 aromatic heterocycles. The molecule has 0 amide bonds. The Balaban J connectivity index is 1.43. The van der Waals surface area contributed by atoms with E-state index in [2.05, 4.69) is 21.3 Å². The summed E-state index contributed by atoms with van der Waals surface area (Å²) in [6.45, 7) is 4.61. The Morgan fingerprint density at radius 3 is 3.04 bits per heavy atom. The molecule has 1 aromatic carbocycles. The van der Waals surface area contributed by atoms with E-state index >= 15 is 0 Å². The number of benzene rings is 1. The summed E-state index contributed by atoms with van der Waals surface area (Å²) in [6.07, 6.45) is 7.66. The summed E-state index contributed by atoms with van der Waals surface area (Å²) in [4.78, 5) is 16.9. The first kappa shape index (κ1) is 15.9. The summed E-state index contributed by atoms with van der Waals surface area (Å²) in [5, 5.41) is 3.65. The van der Waals surface area contributed by atoms with E-state index in [1.165, 1.54) is 63.7 Å². The Morgan fingerprint density at radius 1 is 1.21 bits per heavy atom. The number of para-hydroxylation sites is 1.